The van der Waals surface area contributed by atoms with Gasteiger partial charge in [0.1, 0.15) is 0 Å². The highest BCUT2D eigenvalue weighted by Gasteiger charge is 2.25. The van der Waals surface area contributed by atoms with Crippen molar-refractivity contribution in [2.45, 2.75) is 33.7 Å². The average Bonchev–Trinajstić information content (AvgIpc) is 2.81. The molecule has 0 saturated heterocycles. The van der Waals surface area contributed by atoms with E-state index in [4.69, 9.17) is 0 Å². The Hall–Kier alpha value is -1.80. The van der Waals surface area contributed by atoms with Crippen molar-refractivity contribution >= 4 is 21.8 Å². The second-order valence-electron chi connectivity index (χ2n) is 6.83. The van der Waals surface area contributed by atoms with Gasteiger partial charge in [-0.3, -0.25) is 0 Å². The molecule has 0 saturated carbocycles. The van der Waals surface area contributed by atoms with Crippen molar-refractivity contribution in [2.24, 2.45) is 5.41 Å². The minimum absolute atomic E-state index is 0.190. The molecule has 110 valence electrons. The van der Waals surface area contributed by atoms with Gasteiger partial charge in [-0.1, -0.05) is 52.0 Å². The van der Waals surface area contributed by atoms with Crippen molar-refractivity contribution in [3.63, 3.8) is 0 Å². The highest BCUT2D eigenvalue weighted by atomic mass is 14.9. The van der Waals surface area contributed by atoms with Crippen LogP contribution in [0.3, 0.4) is 0 Å². The summed E-state index contributed by atoms with van der Waals surface area (Å²) in [5.74, 6) is 0. The fourth-order valence-electron chi connectivity index (χ4n) is 3.17. The lowest BCUT2D eigenvalue weighted by Crippen LogP contribution is -2.32. The van der Waals surface area contributed by atoms with Gasteiger partial charge in [0.2, 0.25) is 0 Å². The van der Waals surface area contributed by atoms with Crippen molar-refractivity contribution < 1.29 is 0 Å². The molecule has 1 heterocycles. The van der Waals surface area contributed by atoms with E-state index in [-0.39, 0.29) is 5.41 Å². The highest BCUT2D eigenvalue weighted by Crippen LogP contribution is 2.35. The van der Waals surface area contributed by atoms with E-state index in [0.717, 1.165) is 6.54 Å². The predicted molar refractivity (Wildman–Crippen MR) is 91.7 cm³/mol. The summed E-state index contributed by atoms with van der Waals surface area (Å²) in [6, 6.07) is 15.7. The molecule has 2 nitrogen and oxygen atoms in total. The van der Waals surface area contributed by atoms with Crippen molar-refractivity contribution in [2.75, 3.05) is 6.54 Å². The largest absolute Gasteiger partial charge is 0.355 e. The van der Waals surface area contributed by atoms with Gasteiger partial charge in [0.15, 0.2) is 0 Å². The summed E-state index contributed by atoms with van der Waals surface area (Å²) >= 11 is 0. The lowest BCUT2D eigenvalue weighted by molar-refractivity contribution is 0.277. The van der Waals surface area contributed by atoms with Crippen molar-refractivity contribution in [3.05, 3.63) is 48.0 Å². The van der Waals surface area contributed by atoms with Gasteiger partial charge in [0, 0.05) is 27.8 Å². The minimum Gasteiger partial charge on any atom is -0.355 e. The first-order valence-electron chi connectivity index (χ1n) is 7.74. The quantitative estimate of drug-likeness (QED) is 0.693. The molecule has 21 heavy (non-hydrogen) atoms. The molecule has 0 aliphatic carbocycles. The third kappa shape index (κ3) is 2.56. The Morgan fingerprint density at radius 3 is 2.43 bits per heavy atom. The van der Waals surface area contributed by atoms with Crippen LogP contribution in [0.2, 0.25) is 0 Å². The van der Waals surface area contributed by atoms with Crippen LogP contribution >= 0.6 is 0 Å². The molecule has 1 aromatic heterocycles. The first-order chi connectivity index (χ1) is 10.0. The van der Waals surface area contributed by atoms with Crippen molar-refractivity contribution in [1.82, 2.24) is 10.3 Å². The Labute approximate surface area is 126 Å². The zero-order chi connectivity index (χ0) is 15.0. The molecule has 3 rings (SSSR count). The fraction of sp³-hybridized carbons (Fsp3) is 0.368. The molecule has 0 radical (unpaired) electrons. The van der Waals surface area contributed by atoms with Gasteiger partial charge >= 0.3 is 0 Å². The zero-order valence-electron chi connectivity index (χ0n) is 13.3. The summed E-state index contributed by atoms with van der Waals surface area (Å²) in [6.07, 6.45) is 0. The number of hydrogen-bond acceptors (Lipinski definition) is 1. The maximum atomic E-state index is 3.63. The highest BCUT2D eigenvalue weighted by molar-refractivity contribution is 6.07. The van der Waals surface area contributed by atoms with Crippen LogP contribution in [0, 0.1) is 5.41 Å². The number of hydrogen-bond donors (Lipinski definition) is 2. The van der Waals surface area contributed by atoms with E-state index in [2.05, 4.69) is 80.5 Å². The number of aromatic amines is 1. The molecule has 2 heteroatoms. The Balaban J connectivity index is 2.17. The molecule has 1 atom stereocenters. The molecule has 2 N–H and O–H groups in total. The van der Waals surface area contributed by atoms with Gasteiger partial charge in [-0.25, -0.2) is 0 Å². The Kier molecular flexibility index (Phi) is 3.50. The van der Waals surface area contributed by atoms with Crippen molar-refractivity contribution in [3.8, 4) is 0 Å². The third-order valence-corrected chi connectivity index (χ3v) is 4.14. The fourth-order valence-corrected chi connectivity index (χ4v) is 3.17. The summed E-state index contributed by atoms with van der Waals surface area (Å²) in [6.45, 7) is 10.0. The standard InChI is InChI=1S/C19H24N2/c1-5-20-18(19(2,3)4)13-10-11-17-15(12-13)14-8-6-7-9-16(14)21-17/h6-12,18,20-21H,5H2,1-4H3. The number of rotatable bonds is 3. The van der Waals surface area contributed by atoms with E-state index in [9.17, 15) is 0 Å². The summed E-state index contributed by atoms with van der Waals surface area (Å²) < 4.78 is 0. The van der Waals surface area contributed by atoms with Crippen LogP contribution in [0.4, 0.5) is 0 Å². The Morgan fingerprint density at radius 2 is 1.71 bits per heavy atom. The first kappa shape index (κ1) is 14.2. The smallest absolute Gasteiger partial charge is 0.0465 e. The molecule has 0 amide bonds. The number of H-pyrrole nitrogens is 1. The zero-order valence-corrected chi connectivity index (χ0v) is 13.3. The minimum atomic E-state index is 0.190. The second-order valence-corrected chi connectivity index (χ2v) is 6.83. The Morgan fingerprint density at radius 1 is 1.00 bits per heavy atom. The van der Waals surface area contributed by atoms with Crippen LogP contribution in [0.25, 0.3) is 21.8 Å². The SMILES string of the molecule is CCNC(c1ccc2[nH]c3ccccc3c2c1)C(C)(C)C. The monoisotopic (exact) mass is 280 g/mol. The lowest BCUT2D eigenvalue weighted by atomic mass is 9.82. The van der Waals surface area contributed by atoms with Gasteiger partial charge in [0.25, 0.3) is 0 Å². The van der Waals surface area contributed by atoms with Crippen LogP contribution < -0.4 is 5.32 Å². The second kappa shape index (κ2) is 5.19. The first-order valence-corrected chi connectivity index (χ1v) is 7.74. The summed E-state index contributed by atoms with van der Waals surface area (Å²) in [4.78, 5) is 3.49. The van der Waals surface area contributed by atoms with Gasteiger partial charge in [0.05, 0.1) is 0 Å². The molecule has 3 aromatic rings. The van der Waals surface area contributed by atoms with Gasteiger partial charge in [-0.05, 0) is 35.7 Å². The molecule has 0 aliphatic heterocycles. The number of fused-ring (bicyclic) bond motifs is 3. The third-order valence-electron chi connectivity index (χ3n) is 4.14. The molecule has 0 spiro atoms. The number of aromatic nitrogens is 1. The van der Waals surface area contributed by atoms with E-state index in [1.165, 1.54) is 27.4 Å². The van der Waals surface area contributed by atoms with Gasteiger partial charge < -0.3 is 10.3 Å². The molecule has 0 aliphatic rings. The lowest BCUT2D eigenvalue weighted by Gasteiger charge is -2.32. The van der Waals surface area contributed by atoms with E-state index < -0.39 is 0 Å². The maximum Gasteiger partial charge on any atom is 0.0465 e. The maximum absolute atomic E-state index is 3.63. The summed E-state index contributed by atoms with van der Waals surface area (Å²) in [7, 11) is 0. The molecular weight excluding hydrogens is 256 g/mol. The molecule has 0 bridgehead atoms. The van der Waals surface area contributed by atoms with Crippen molar-refractivity contribution in [1.29, 1.82) is 0 Å². The van der Waals surface area contributed by atoms with E-state index in [1.54, 1.807) is 0 Å². The van der Waals surface area contributed by atoms with Crippen LogP contribution in [0.15, 0.2) is 42.5 Å². The molecular formula is C19H24N2. The molecule has 1 unspecified atom stereocenters. The summed E-state index contributed by atoms with van der Waals surface area (Å²) in [5, 5.41) is 6.25. The van der Waals surface area contributed by atoms with Crippen LogP contribution in [0.1, 0.15) is 39.3 Å². The average molecular weight is 280 g/mol. The number of benzene rings is 2. The Bertz CT molecular complexity index is 762. The van der Waals surface area contributed by atoms with E-state index in [0.29, 0.717) is 6.04 Å². The molecule has 0 fully saturated rings. The number of nitrogens with one attached hydrogen (secondary N) is 2. The normalized spacial score (nSPS) is 13.9. The number of para-hydroxylation sites is 1. The van der Waals surface area contributed by atoms with Crippen LogP contribution in [-0.4, -0.2) is 11.5 Å². The predicted octanol–water partition coefficient (Wildman–Crippen LogP) is 5.02. The van der Waals surface area contributed by atoms with Gasteiger partial charge in [-0.15, -0.1) is 0 Å². The molecule has 2 aromatic carbocycles. The topological polar surface area (TPSA) is 27.8 Å². The van der Waals surface area contributed by atoms with E-state index in [1.807, 2.05) is 0 Å². The van der Waals surface area contributed by atoms with Gasteiger partial charge in [-0.2, -0.15) is 0 Å². The van der Waals surface area contributed by atoms with Crippen LogP contribution in [0.5, 0.6) is 0 Å². The van der Waals surface area contributed by atoms with E-state index >= 15 is 0 Å². The summed E-state index contributed by atoms with van der Waals surface area (Å²) in [5.41, 5.74) is 3.97. The van der Waals surface area contributed by atoms with Crippen LogP contribution in [-0.2, 0) is 0 Å².